The van der Waals surface area contributed by atoms with Crippen molar-refractivity contribution in [1.29, 1.82) is 5.26 Å². The molecule has 0 bridgehead atoms. The van der Waals surface area contributed by atoms with Crippen molar-refractivity contribution in [2.75, 3.05) is 12.3 Å². The van der Waals surface area contributed by atoms with Crippen LogP contribution < -0.4 is 5.73 Å². The first-order valence-electron chi connectivity index (χ1n) is 5.03. The first-order chi connectivity index (χ1) is 7.52. The minimum Gasteiger partial charge on any atom is -0.465 e. The van der Waals surface area contributed by atoms with Crippen molar-refractivity contribution in [3.05, 3.63) is 16.8 Å². The van der Waals surface area contributed by atoms with Gasteiger partial charge in [0.1, 0.15) is 18.4 Å². The fourth-order valence-corrected chi connectivity index (χ4v) is 1.57. The highest BCUT2D eigenvalue weighted by Gasteiger charge is 2.17. The largest absolute Gasteiger partial charge is 0.465 e. The maximum absolute atomic E-state index is 11.3. The van der Waals surface area contributed by atoms with Crippen LogP contribution in [-0.4, -0.2) is 17.1 Å². The van der Waals surface area contributed by atoms with Gasteiger partial charge in [0.2, 0.25) is 0 Å². The molecule has 0 aliphatic carbocycles. The van der Waals surface area contributed by atoms with Gasteiger partial charge in [-0.15, -0.1) is 0 Å². The molecular formula is C11H15N3O2. The van der Waals surface area contributed by atoms with Crippen LogP contribution in [0.1, 0.15) is 23.7 Å². The molecule has 1 heterocycles. The molecule has 1 aromatic rings. The Morgan fingerprint density at radius 3 is 2.62 bits per heavy atom. The van der Waals surface area contributed by atoms with Gasteiger partial charge in [0.05, 0.1) is 12.2 Å². The van der Waals surface area contributed by atoms with Gasteiger partial charge < -0.3 is 15.0 Å². The maximum atomic E-state index is 11.3. The molecule has 1 aromatic heterocycles. The zero-order chi connectivity index (χ0) is 12.3. The molecule has 0 fully saturated rings. The van der Waals surface area contributed by atoms with Crippen molar-refractivity contribution >= 4 is 11.8 Å². The molecule has 0 radical (unpaired) electrons. The lowest BCUT2D eigenvalue weighted by atomic mass is 10.2. The van der Waals surface area contributed by atoms with Gasteiger partial charge in [-0.25, -0.2) is 0 Å². The van der Waals surface area contributed by atoms with Crippen molar-refractivity contribution in [1.82, 2.24) is 4.57 Å². The number of nitrogens with two attached hydrogens (primary N) is 1. The Kier molecular flexibility index (Phi) is 3.56. The summed E-state index contributed by atoms with van der Waals surface area (Å²) in [6.45, 7) is 5.77. The molecule has 0 unspecified atom stereocenters. The molecule has 0 aliphatic rings. The van der Waals surface area contributed by atoms with Crippen molar-refractivity contribution < 1.29 is 9.53 Å². The van der Waals surface area contributed by atoms with Crippen LogP contribution in [0.2, 0.25) is 0 Å². The highest BCUT2D eigenvalue weighted by molar-refractivity contribution is 5.71. The third kappa shape index (κ3) is 2.01. The van der Waals surface area contributed by atoms with Gasteiger partial charge in [0.15, 0.2) is 0 Å². The van der Waals surface area contributed by atoms with Crippen molar-refractivity contribution in [3.8, 4) is 6.07 Å². The number of nitrogen functional groups attached to an aromatic ring is 1. The Bertz CT molecular complexity index is 455. The second kappa shape index (κ2) is 4.71. The molecule has 1 rings (SSSR count). The Hall–Kier alpha value is -1.96. The summed E-state index contributed by atoms with van der Waals surface area (Å²) in [5.41, 5.74) is 7.86. The second-order valence-corrected chi connectivity index (χ2v) is 3.47. The van der Waals surface area contributed by atoms with E-state index >= 15 is 0 Å². The number of hydrogen-bond acceptors (Lipinski definition) is 4. The number of rotatable bonds is 3. The number of carbonyl (C=O) groups excluding carboxylic acids is 1. The molecule has 86 valence electrons. The van der Waals surface area contributed by atoms with E-state index in [0.717, 1.165) is 11.3 Å². The molecule has 0 aliphatic heterocycles. The van der Waals surface area contributed by atoms with Crippen LogP contribution in [0.5, 0.6) is 0 Å². The van der Waals surface area contributed by atoms with Crippen LogP contribution >= 0.6 is 0 Å². The minimum absolute atomic E-state index is 0.0496. The number of nitriles is 1. The lowest BCUT2D eigenvalue weighted by molar-refractivity contribution is -0.143. The van der Waals surface area contributed by atoms with Crippen LogP contribution in [0, 0.1) is 25.2 Å². The molecule has 2 N–H and O–H groups in total. The average Bonchev–Trinajstić information content (AvgIpc) is 2.43. The first-order valence-corrected chi connectivity index (χ1v) is 5.03. The number of nitrogens with zero attached hydrogens (tertiary/aromatic N) is 2. The van der Waals surface area contributed by atoms with Gasteiger partial charge >= 0.3 is 5.97 Å². The summed E-state index contributed by atoms with van der Waals surface area (Å²) in [5.74, 6) is -0.0256. The number of ether oxygens (including phenoxy) is 1. The third-order valence-electron chi connectivity index (χ3n) is 2.57. The number of aromatic nitrogens is 1. The quantitative estimate of drug-likeness (QED) is 0.775. The van der Waals surface area contributed by atoms with Gasteiger partial charge in [-0.05, 0) is 26.3 Å². The van der Waals surface area contributed by atoms with E-state index < -0.39 is 0 Å². The topological polar surface area (TPSA) is 81.0 Å². The van der Waals surface area contributed by atoms with Crippen LogP contribution in [0.3, 0.4) is 0 Å². The van der Waals surface area contributed by atoms with Crippen LogP contribution in [0.15, 0.2) is 0 Å². The molecule has 0 saturated heterocycles. The normalized spacial score (nSPS) is 9.88. The summed E-state index contributed by atoms with van der Waals surface area (Å²) in [6, 6.07) is 2.03. The van der Waals surface area contributed by atoms with Crippen molar-refractivity contribution in [3.63, 3.8) is 0 Å². The van der Waals surface area contributed by atoms with E-state index in [-0.39, 0.29) is 12.5 Å². The number of hydrogen-bond donors (Lipinski definition) is 1. The second-order valence-electron chi connectivity index (χ2n) is 3.47. The standard InChI is InChI=1S/C11H15N3O2/c1-4-16-10(15)6-14-8(3)7(2)9(5-12)11(14)13/h4,6,13H2,1-3H3. The average molecular weight is 221 g/mol. The Morgan fingerprint density at radius 2 is 2.19 bits per heavy atom. The summed E-state index contributed by atoms with van der Waals surface area (Å²) in [4.78, 5) is 11.3. The molecule has 0 saturated carbocycles. The molecule has 0 amide bonds. The predicted octanol–water partition coefficient (Wildman–Crippen LogP) is 1.12. The van der Waals surface area contributed by atoms with Gasteiger partial charge in [-0.1, -0.05) is 0 Å². The van der Waals surface area contributed by atoms with Gasteiger partial charge in [0.25, 0.3) is 0 Å². The van der Waals surface area contributed by atoms with E-state index in [9.17, 15) is 4.79 Å². The zero-order valence-electron chi connectivity index (χ0n) is 9.70. The Labute approximate surface area is 94.4 Å². The third-order valence-corrected chi connectivity index (χ3v) is 2.57. The monoisotopic (exact) mass is 221 g/mol. The van der Waals surface area contributed by atoms with Gasteiger partial charge in [-0.3, -0.25) is 4.79 Å². The smallest absolute Gasteiger partial charge is 0.326 e. The van der Waals surface area contributed by atoms with Crippen molar-refractivity contribution in [2.24, 2.45) is 0 Å². The highest BCUT2D eigenvalue weighted by Crippen LogP contribution is 2.23. The maximum Gasteiger partial charge on any atom is 0.326 e. The zero-order valence-corrected chi connectivity index (χ0v) is 9.70. The Morgan fingerprint density at radius 1 is 1.56 bits per heavy atom. The lowest BCUT2D eigenvalue weighted by Crippen LogP contribution is -2.16. The summed E-state index contributed by atoms with van der Waals surface area (Å²) >= 11 is 0. The highest BCUT2D eigenvalue weighted by atomic mass is 16.5. The minimum atomic E-state index is -0.350. The van der Waals surface area contributed by atoms with E-state index in [2.05, 4.69) is 0 Å². The molecule has 0 aromatic carbocycles. The van der Waals surface area contributed by atoms with Crippen LogP contribution in [0.4, 0.5) is 5.82 Å². The van der Waals surface area contributed by atoms with E-state index in [1.54, 1.807) is 11.5 Å². The van der Waals surface area contributed by atoms with E-state index in [1.807, 2.05) is 19.9 Å². The van der Waals surface area contributed by atoms with E-state index in [4.69, 9.17) is 15.7 Å². The summed E-state index contributed by atoms with van der Waals surface area (Å²) in [5, 5.41) is 8.92. The van der Waals surface area contributed by atoms with Crippen LogP contribution in [0.25, 0.3) is 0 Å². The number of carbonyl (C=O) groups is 1. The summed E-state index contributed by atoms with van der Waals surface area (Å²) < 4.78 is 6.44. The molecule has 16 heavy (non-hydrogen) atoms. The first kappa shape index (κ1) is 12.1. The Balaban J connectivity index is 3.07. The van der Waals surface area contributed by atoms with Gasteiger partial charge in [0, 0.05) is 5.69 Å². The molecule has 0 spiro atoms. The van der Waals surface area contributed by atoms with Crippen LogP contribution in [-0.2, 0) is 16.1 Å². The molecule has 5 nitrogen and oxygen atoms in total. The molecular weight excluding hydrogens is 206 g/mol. The van der Waals surface area contributed by atoms with Gasteiger partial charge in [-0.2, -0.15) is 5.26 Å². The fourth-order valence-electron chi connectivity index (χ4n) is 1.57. The SMILES string of the molecule is CCOC(=O)Cn1c(C)c(C)c(C#N)c1N. The fraction of sp³-hybridized carbons (Fsp3) is 0.455. The molecule has 0 atom stereocenters. The number of anilines is 1. The lowest BCUT2D eigenvalue weighted by Gasteiger charge is -2.07. The predicted molar refractivity (Wildman–Crippen MR) is 59.7 cm³/mol. The van der Waals surface area contributed by atoms with E-state index in [1.165, 1.54) is 0 Å². The van der Waals surface area contributed by atoms with E-state index in [0.29, 0.717) is 18.0 Å². The van der Waals surface area contributed by atoms with Crippen molar-refractivity contribution in [2.45, 2.75) is 27.3 Å². The summed E-state index contributed by atoms with van der Waals surface area (Å²) in [6.07, 6.45) is 0. The summed E-state index contributed by atoms with van der Waals surface area (Å²) in [7, 11) is 0. The molecule has 5 heteroatoms. The number of esters is 1.